The zero-order valence-corrected chi connectivity index (χ0v) is 10.8. The van der Waals surface area contributed by atoms with Gasteiger partial charge in [0.2, 0.25) is 0 Å². The number of benzene rings is 1. The summed E-state index contributed by atoms with van der Waals surface area (Å²) in [5.74, 6) is 0.958. The van der Waals surface area contributed by atoms with E-state index in [-0.39, 0.29) is 5.92 Å². The van der Waals surface area contributed by atoms with E-state index in [4.69, 9.17) is 0 Å². The number of aromatic nitrogens is 3. The molecule has 2 atom stereocenters. The van der Waals surface area contributed by atoms with Gasteiger partial charge in [0, 0.05) is 19.4 Å². The van der Waals surface area contributed by atoms with E-state index in [0.29, 0.717) is 6.42 Å². The Kier molecular flexibility index (Phi) is 4.10. The zero-order valence-electron chi connectivity index (χ0n) is 10.8. The average Bonchev–Trinajstić information content (AvgIpc) is 2.77. The van der Waals surface area contributed by atoms with Gasteiger partial charge in [-0.1, -0.05) is 37.3 Å². The molecule has 0 bridgehead atoms. The summed E-state index contributed by atoms with van der Waals surface area (Å²) in [5.41, 5.74) is 1.18. The predicted octanol–water partition coefficient (Wildman–Crippen LogP) is 1.91. The van der Waals surface area contributed by atoms with Crippen molar-refractivity contribution >= 4 is 0 Å². The lowest BCUT2D eigenvalue weighted by Gasteiger charge is -2.21. The summed E-state index contributed by atoms with van der Waals surface area (Å²) in [6, 6.07) is 10.1. The summed E-state index contributed by atoms with van der Waals surface area (Å²) in [7, 11) is 1.85. The number of hydrogen-bond donors (Lipinski definition) is 1. The van der Waals surface area contributed by atoms with Crippen LogP contribution in [0.2, 0.25) is 0 Å². The van der Waals surface area contributed by atoms with Crippen LogP contribution in [0.4, 0.5) is 0 Å². The fourth-order valence-corrected chi connectivity index (χ4v) is 2.26. The van der Waals surface area contributed by atoms with Gasteiger partial charge in [0.1, 0.15) is 12.2 Å². The Morgan fingerprint density at radius 1 is 1.28 bits per heavy atom. The Balaban J connectivity index is 2.11. The molecule has 1 heterocycles. The van der Waals surface area contributed by atoms with E-state index in [1.54, 1.807) is 4.68 Å². The van der Waals surface area contributed by atoms with Crippen LogP contribution in [0.5, 0.6) is 0 Å². The number of aliphatic hydroxyl groups excluding tert-OH is 1. The lowest BCUT2D eigenvalue weighted by Crippen LogP contribution is -2.22. The third-order valence-electron chi connectivity index (χ3n) is 3.33. The molecular formula is C14H19N3O. The molecule has 18 heavy (non-hydrogen) atoms. The van der Waals surface area contributed by atoms with Gasteiger partial charge >= 0.3 is 0 Å². The molecule has 2 rings (SSSR count). The highest BCUT2D eigenvalue weighted by Crippen LogP contribution is 2.24. The molecule has 0 aliphatic rings. The molecule has 0 spiro atoms. The number of nitrogens with zero attached hydrogens (tertiary/aromatic N) is 3. The van der Waals surface area contributed by atoms with E-state index in [9.17, 15) is 5.11 Å². The van der Waals surface area contributed by atoms with Gasteiger partial charge in [0.25, 0.3) is 0 Å². The Morgan fingerprint density at radius 3 is 2.56 bits per heavy atom. The van der Waals surface area contributed by atoms with E-state index < -0.39 is 6.10 Å². The van der Waals surface area contributed by atoms with Crippen LogP contribution in [0, 0.1) is 0 Å². The largest absolute Gasteiger partial charge is 0.392 e. The van der Waals surface area contributed by atoms with Crippen molar-refractivity contribution < 1.29 is 5.11 Å². The first-order valence-electron chi connectivity index (χ1n) is 6.28. The van der Waals surface area contributed by atoms with Gasteiger partial charge in [-0.15, -0.1) is 0 Å². The van der Waals surface area contributed by atoms with Crippen LogP contribution >= 0.6 is 0 Å². The van der Waals surface area contributed by atoms with Crippen LogP contribution < -0.4 is 0 Å². The van der Waals surface area contributed by atoms with E-state index in [2.05, 4.69) is 29.1 Å². The molecule has 0 fully saturated rings. The second-order valence-corrected chi connectivity index (χ2v) is 4.50. The normalized spacial score (nSPS) is 14.4. The second kappa shape index (κ2) is 5.78. The third kappa shape index (κ3) is 2.76. The summed E-state index contributed by atoms with van der Waals surface area (Å²) in [6.45, 7) is 2.09. The summed E-state index contributed by atoms with van der Waals surface area (Å²) >= 11 is 0. The molecule has 0 aliphatic carbocycles. The highest BCUT2D eigenvalue weighted by molar-refractivity contribution is 5.21. The van der Waals surface area contributed by atoms with E-state index in [1.165, 1.54) is 11.9 Å². The first-order chi connectivity index (χ1) is 8.72. The number of rotatable bonds is 5. The predicted molar refractivity (Wildman–Crippen MR) is 70.2 cm³/mol. The molecule has 0 radical (unpaired) electrons. The zero-order chi connectivity index (χ0) is 13.0. The maximum atomic E-state index is 10.4. The molecule has 4 nitrogen and oxygen atoms in total. The van der Waals surface area contributed by atoms with Gasteiger partial charge in [0.05, 0.1) is 6.10 Å². The van der Waals surface area contributed by atoms with Gasteiger partial charge in [-0.2, -0.15) is 5.10 Å². The molecule has 0 saturated carbocycles. The molecule has 0 saturated heterocycles. The monoisotopic (exact) mass is 245 g/mol. The molecule has 0 amide bonds. The van der Waals surface area contributed by atoms with Gasteiger partial charge in [-0.3, -0.25) is 4.68 Å². The summed E-state index contributed by atoms with van der Waals surface area (Å²) in [4.78, 5) is 4.16. The molecule has 2 aromatic rings. The van der Waals surface area contributed by atoms with E-state index in [0.717, 1.165) is 12.2 Å². The van der Waals surface area contributed by atoms with E-state index in [1.807, 2.05) is 25.2 Å². The Hall–Kier alpha value is -1.68. The Labute approximate surface area is 107 Å². The van der Waals surface area contributed by atoms with Crippen LogP contribution in [0.3, 0.4) is 0 Å². The topological polar surface area (TPSA) is 50.9 Å². The lowest BCUT2D eigenvalue weighted by molar-refractivity contribution is 0.137. The fourth-order valence-electron chi connectivity index (χ4n) is 2.26. The Bertz CT molecular complexity index is 481. The van der Waals surface area contributed by atoms with Crippen molar-refractivity contribution in [3.63, 3.8) is 0 Å². The molecular weight excluding hydrogens is 226 g/mol. The van der Waals surface area contributed by atoms with Crippen molar-refractivity contribution in [2.45, 2.75) is 31.8 Å². The lowest BCUT2D eigenvalue weighted by atomic mass is 9.89. The Morgan fingerprint density at radius 2 is 2.00 bits per heavy atom. The first-order valence-corrected chi connectivity index (χ1v) is 6.28. The summed E-state index contributed by atoms with van der Waals surface area (Å²) in [5, 5.41) is 14.4. The number of hydrogen-bond acceptors (Lipinski definition) is 3. The van der Waals surface area contributed by atoms with Crippen LogP contribution in [0.15, 0.2) is 36.7 Å². The maximum absolute atomic E-state index is 10.4. The average molecular weight is 245 g/mol. The van der Waals surface area contributed by atoms with Crippen molar-refractivity contribution in [2.75, 3.05) is 0 Å². The smallest absolute Gasteiger partial charge is 0.138 e. The van der Waals surface area contributed by atoms with Gasteiger partial charge < -0.3 is 5.11 Å². The fraction of sp³-hybridized carbons (Fsp3) is 0.429. The van der Waals surface area contributed by atoms with Crippen LogP contribution in [-0.4, -0.2) is 26.0 Å². The van der Waals surface area contributed by atoms with Gasteiger partial charge in [0.15, 0.2) is 0 Å². The van der Waals surface area contributed by atoms with Crippen molar-refractivity contribution in [1.82, 2.24) is 14.8 Å². The number of aliphatic hydroxyl groups is 1. The summed E-state index contributed by atoms with van der Waals surface area (Å²) < 4.78 is 1.71. The van der Waals surface area contributed by atoms with Gasteiger partial charge in [-0.05, 0) is 12.0 Å². The van der Waals surface area contributed by atoms with Crippen molar-refractivity contribution in [2.24, 2.45) is 7.05 Å². The molecule has 96 valence electrons. The van der Waals surface area contributed by atoms with Crippen LogP contribution in [-0.2, 0) is 13.5 Å². The molecule has 1 aromatic heterocycles. The highest BCUT2D eigenvalue weighted by Gasteiger charge is 2.21. The maximum Gasteiger partial charge on any atom is 0.138 e. The third-order valence-corrected chi connectivity index (χ3v) is 3.33. The van der Waals surface area contributed by atoms with Crippen LogP contribution in [0.1, 0.15) is 30.7 Å². The van der Waals surface area contributed by atoms with Crippen molar-refractivity contribution in [3.8, 4) is 0 Å². The molecule has 2 unspecified atom stereocenters. The van der Waals surface area contributed by atoms with Crippen molar-refractivity contribution in [1.29, 1.82) is 0 Å². The van der Waals surface area contributed by atoms with Gasteiger partial charge in [-0.25, -0.2) is 4.98 Å². The standard InChI is InChI=1S/C14H19N3O/c1-3-12(11-7-5-4-6-8-11)13(18)9-14-15-10-16-17(14)2/h4-8,10,12-13,18H,3,9H2,1-2H3. The molecule has 1 N–H and O–H groups in total. The van der Waals surface area contributed by atoms with E-state index >= 15 is 0 Å². The quantitative estimate of drug-likeness (QED) is 0.875. The first kappa shape index (κ1) is 12.8. The second-order valence-electron chi connectivity index (χ2n) is 4.50. The molecule has 1 aromatic carbocycles. The molecule has 4 heteroatoms. The van der Waals surface area contributed by atoms with Crippen LogP contribution in [0.25, 0.3) is 0 Å². The molecule has 0 aliphatic heterocycles. The minimum Gasteiger partial charge on any atom is -0.392 e. The number of aryl methyl sites for hydroxylation is 1. The minimum absolute atomic E-state index is 0.142. The summed E-state index contributed by atoms with van der Waals surface area (Å²) in [6.07, 6.45) is 2.53. The SMILES string of the molecule is CCC(c1ccccc1)C(O)Cc1ncnn1C. The minimum atomic E-state index is -0.430. The highest BCUT2D eigenvalue weighted by atomic mass is 16.3. The van der Waals surface area contributed by atoms with Crippen molar-refractivity contribution in [3.05, 3.63) is 48.0 Å².